The van der Waals surface area contributed by atoms with Crippen molar-refractivity contribution < 1.29 is 0 Å². The van der Waals surface area contributed by atoms with Crippen molar-refractivity contribution in [2.24, 2.45) is 0 Å². The van der Waals surface area contributed by atoms with Crippen LogP contribution in [-0.2, 0) is 13.2 Å². The van der Waals surface area contributed by atoms with Gasteiger partial charge >= 0.3 is 5.69 Å². The first kappa shape index (κ1) is 14.3. The van der Waals surface area contributed by atoms with E-state index in [-0.39, 0.29) is 11.2 Å². The molecule has 3 heterocycles. The number of nitrogens with zero attached hydrogens (tertiary/aromatic N) is 4. The van der Waals surface area contributed by atoms with Crippen LogP contribution in [0.25, 0.3) is 0 Å². The van der Waals surface area contributed by atoms with Crippen LogP contribution in [0, 0.1) is 0 Å². The summed E-state index contributed by atoms with van der Waals surface area (Å²) in [6.45, 7) is 8.94. The molecule has 0 saturated carbocycles. The van der Waals surface area contributed by atoms with Crippen LogP contribution in [0.3, 0.4) is 0 Å². The molecule has 0 bridgehead atoms. The molecule has 0 atom stereocenters. The van der Waals surface area contributed by atoms with E-state index in [0.29, 0.717) is 13.2 Å². The molecular formula is C14H23N5O2. The topological polar surface area (TPSA) is 64.6 Å². The number of aromatic nitrogens is 2. The van der Waals surface area contributed by atoms with Gasteiger partial charge in [-0.05, 0) is 19.4 Å². The number of nitrogens with one attached hydrogen (secondary N) is 1. The van der Waals surface area contributed by atoms with Crippen molar-refractivity contribution in [1.29, 1.82) is 0 Å². The third kappa shape index (κ3) is 2.51. The predicted octanol–water partition coefficient (Wildman–Crippen LogP) is 0.167. The molecule has 0 spiro atoms. The fraction of sp³-hybridized carbons (Fsp3) is 0.714. The first-order valence-electron chi connectivity index (χ1n) is 7.69. The molecule has 0 saturated heterocycles. The van der Waals surface area contributed by atoms with E-state index in [9.17, 15) is 9.59 Å². The van der Waals surface area contributed by atoms with Gasteiger partial charge in [-0.2, -0.15) is 0 Å². The van der Waals surface area contributed by atoms with Crippen molar-refractivity contribution in [1.82, 2.24) is 19.4 Å². The van der Waals surface area contributed by atoms with Gasteiger partial charge in [0.2, 0.25) is 0 Å². The molecule has 2 aliphatic heterocycles. The number of anilines is 1. The molecule has 116 valence electrons. The SMILES string of the molecule is CCCN1Cc2c3n(c(=O)[nH]c2=O)CN(CCC)CN3C1. The summed E-state index contributed by atoms with van der Waals surface area (Å²) >= 11 is 0. The van der Waals surface area contributed by atoms with Crippen LogP contribution < -0.4 is 16.1 Å². The zero-order chi connectivity index (χ0) is 15.0. The molecule has 0 unspecified atom stereocenters. The van der Waals surface area contributed by atoms with Crippen LogP contribution in [0.4, 0.5) is 5.82 Å². The molecular weight excluding hydrogens is 270 g/mol. The lowest BCUT2D eigenvalue weighted by Gasteiger charge is -2.45. The van der Waals surface area contributed by atoms with E-state index in [4.69, 9.17) is 0 Å². The van der Waals surface area contributed by atoms with Gasteiger partial charge in [0.15, 0.2) is 0 Å². The van der Waals surface area contributed by atoms with Gasteiger partial charge in [0.25, 0.3) is 5.56 Å². The Morgan fingerprint density at radius 1 is 1.00 bits per heavy atom. The first-order chi connectivity index (χ1) is 10.1. The quantitative estimate of drug-likeness (QED) is 0.857. The Labute approximate surface area is 123 Å². The van der Waals surface area contributed by atoms with Crippen molar-refractivity contribution >= 4 is 5.82 Å². The Morgan fingerprint density at radius 2 is 1.67 bits per heavy atom. The summed E-state index contributed by atoms with van der Waals surface area (Å²) < 4.78 is 1.71. The Morgan fingerprint density at radius 3 is 2.38 bits per heavy atom. The third-order valence-electron chi connectivity index (χ3n) is 4.11. The second-order valence-corrected chi connectivity index (χ2v) is 5.90. The number of aromatic amines is 1. The lowest BCUT2D eigenvalue weighted by Crippen LogP contribution is -2.57. The van der Waals surface area contributed by atoms with Crippen LogP contribution in [0.5, 0.6) is 0 Å². The molecule has 21 heavy (non-hydrogen) atoms. The van der Waals surface area contributed by atoms with Crippen molar-refractivity contribution in [3.05, 3.63) is 26.4 Å². The van der Waals surface area contributed by atoms with Gasteiger partial charge in [-0.25, -0.2) is 4.79 Å². The summed E-state index contributed by atoms with van der Waals surface area (Å²) in [6.07, 6.45) is 2.10. The fourth-order valence-corrected chi connectivity index (χ4v) is 3.34. The van der Waals surface area contributed by atoms with E-state index in [1.54, 1.807) is 4.57 Å². The molecule has 7 nitrogen and oxygen atoms in total. The number of rotatable bonds is 4. The maximum Gasteiger partial charge on any atom is 0.331 e. The molecule has 0 aliphatic carbocycles. The average Bonchev–Trinajstić information content (AvgIpc) is 2.44. The Balaban J connectivity index is 2.05. The maximum absolute atomic E-state index is 12.1. The highest BCUT2D eigenvalue weighted by Crippen LogP contribution is 2.27. The van der Waals surface area contributed by atoms with Gasteiger partial charge in [0.1, 0.15) is 5.82 Å². The summed E-state index contributed by atoms with van der Waals surface area (Å²) in [5.41, 5.74) is 0.194. The second-order valence-electron chi connectivity index (χ2n) is 5.90. The van der Waals surface area contributed by atoms with Gasteiger partial charge in [-0.3, -0.25) is 24.1 Å². The third-order valence-corrected chi connectivity index (χ3v) is 4.11. The van der Waals surface area contributed by atoms with E-state index in [2.05, 4.69) is 33.5 Å². The minimum atomic E-state index is -0.298. The Bertz CT molecular complexity index is 585. The first-order valence-corrected chi connectivity index (χ1v) is 7.69. The van der Waals surface area contributed by atoms with Crippen molar-refractivity contribution in [2.45, 2.75) is 39.9 Å². The van der Waals surface area contributed by atoms with Gasteiger partial charge in [0.05, 0.1) is 25.6 Å². The molecule has 0 amide bonds. The van der Waals surface area contributed by atoms with Gasteiger partial charge < -0.3 is 4.90 Å². The minimum absolute atomic E-state index is 0.235. The zero-order valence-corrected chi connectivity index (χ0v) is 12.8. The van der Waals surface area contributed by atoms with E-state index in [1.807, 2.05) is 0 Å². The van der Waals surface area contributed by atoms with E-state index in [1.165, 1.54) is 0 Å². The van der Waals surface area contributed by atoms with Crippen LogP contribution >= 0.6 is 0 Å². The molecule has 0 radical (unpaired) electrons. The summed E-state index contributed by atoms with van der Waals surface area (Å²) in [5, 5.41) is 0. The van der Waals surface area contributed by atoms with Crippen molar-refractivity contribution in [2.75, 3.05) is 31.3 Å². The van der Waals surface area contributed by atoms with E-state index >= 15 is 0 Å². The normalized spacial score (nSPS) is 18.9. The Kier molecular flexibility index (Phi) is 3.86. The molecule has 1 aromatic rings. The molecule has 3 rings (SSSR count). The minimum Gasteiger partial charge on any atom is -0.331 e. The molecule has 2 aliphatic rings. The van der Waals surface area contributed by atoms with Crippen molar-refractivity contribution in [3.8, 4) is 0 Å². The average molecular weight is 293 g/mol. The molecule has 0 aromatic carbocycles. The highest BCUT2D eigenvalue weighted by Gasteiger charge is 2.32. The summed E-state index contributed by atoms with van der Waals surface area (Å²) in [5.74, 6) is 0.823. The monoisotopic (exact) mass is 293 g/mol. The lowest BCUT2D eigenvalue weighted by atomic mass is 10.2. The number of H-pyrrole nitrogens is 1. The number of hydrogen-bond donors (Lipinski definition) is 1. The fourth-order valence-electron chi connectivity index (χ4n) is 3.34. The molecule has 0 fully saturated rings. The largest absolute Gasteiger partial charge is 0.331 e. The van der Waals surface area contributed by atoms with Crippen LogP contribution in [0.2, 0.25) is 0 Å². The molecule has 1 N–H and O–H groups in total. The summed E-state index contributed by atoms with van der Waals surface area (Å²) in [7, 11) is 0. The zero-order valence-electron chi connectivity index (χ0n) is 12.8. The highest BCUT2D eigenvalue weighted by atomic mass is 16.2. The Hall–Kier alpha value is -1.60. The predicted molar refractivity (Wildman–Crippen MR) is 81.2 cm³/mol. The standard InChI is InChI=1S/C14H23N5O2/c1-3-5-16-7-11-12(20)15-14(21)19-10-17(6-4-2)9-18(8-16)13(11)19/h3-10H2,1-2H3,(H,15,20,21). The van der Waals surface area contributed by atoms with Crippen LogP contribution in [0.1, 0.15) is 32.3 Å². The molecule has 7 heteroatoms. The lowest BCUT2D eigenvalue weighted by molar-refractivity contribution is 0.154. The van der Waals surface area contributed by atoms with E-state index in [0.717, 1.165) is 50.6 Å². The summed E-state index contributed by atoms with van der Waals surface area (Å²) in [6, 6.07) is 0. The maximum atomic E-state index is 12.1. The number of hydrogen-bond acceptors (Lipinski definition) is 5. The van der Waals surface area contributed by atoms with Crippen LogP contribution in [0.15, 0.2) is 9.59 Å². The smallest absolute Gasteiger partial charge is 0.331 e. The van der Waals surface area contributed by atoms with E-state index < -0.39 is 0 Å². The van der Waals surface area contributed by atoms with Gasteiger partial charge in [-0.1, -0.05) is 13.8 Å². The molecule has 1 aromatic heterocycles. The van der Waals surface area contributed by atoms with Gasteiger partial charge in [0, 0.05) is 13.1 Å². The van der Waals surface area contributed by atoms with Gasteiger partial charge in [-0.15, -0.1) is 0 Å². The second kappa shape index (κ2) is 5.65. The van der Waals surface area contributed by atoms with Crippen molar-refractivity contribution in [3.63, 3.8) is 0 Å². The summed E-state index contributed by atoms with van der Waals surface area (Å²) in [4.78, 5) is 33.4. The highest BCUT2D eigenvalue weighted by molar-refractivity contribution is 5.49. The van der Waals surface area contributed by atoms with Crippen LogP contribution in [-0.4, -0.2) is 45.8 Å².